The molecule has 0 radical (unpaired) electrons. The molecule has 0 bridgehead atoms. The third-order valence-corrected chi connectivity index (χ3v) is 2.92. The third-order valence-electron chi connectivity index (χ3n) is 2.49. The van der Waals surface area contributed by atoms with Crippen LogP contribution in [0.1, 0.15) is 25.1 Å². The van der Waals surface area contributed by atoms with E-state index in [0.717, 1.165) is 27.9 Å². The number of nitrogens with two attached hydrogens (primary N) is 1. The second-order valence-electron chi connectivity index (χ2n) is 3.49. The maximum Gasteiger partial charge on any atom is 0.177 e. The summed E-state index contributed by atoms with van der Waals surface area (Å²) in [4.78, 5) is 11.9. The quantitative estimate of drug-likeness (QED) is 0.897. The number of halogens is 1. The van der Waals surface area contributed by atoms with E-state index < -0.39 is 0 Å². The summed E-state index contributed by atoms with van der Waals surface area (Å²) in [6, 6.07) is 1.97. The van der Waals surface area contributed by atoms with Crippen molar-refractivity contribution in [3.63, 3.8) is 0 Å². The number of aromatic nitrogens is 3. The molecular weight excluding hydrogens is 256 g/mol. The lowest BCUT2D eigenvalue weighted by Gasteiger charge is -2.06. The Bertz CT molecular complexity index is 461. The third kappa shape index (κ3) is 2.03. The fraction of sp³-hybridized carbons (Fsp3) is 0.400. The van der Waals surface area contributed by atoms with E-state index in [2.05, 4.69) is 37.8 Å². The van der Waals surface area contributed by atoms with E-state index in [1.807, 2.05) is 6.07 Å². The Morgan fingerprint density at radius 1 is 1.60 bits per heavy atom. The number of imidazole rings is 1. The van der Waals surface area contributed by atoms with Gasteiger partial charge in [-0.25, -0.2) is 9.97 Å². The summed E-state index contributed by atoms with van der Waals surface area (Å²) in [5.41, 5.74) is 7.38. The number of H-pyrrole nitrogens is 1. The molecular formula is C10H13BrN4. The first-order valence-corrected chi connectivity index (χ1v) is 5.75. The van der Waals surface area contributed by atoms with E-state index >= 15 is 0 Å². The molecule has 0 amide bonds. The fourth-order valence-corrected chi connectivity index (χ4v) is 1.89. The van der Waals surface area contributed by atoms with E-state index in [9.17, 15) is 0 Å². The Balaban J connectivity index is 2.46. The van der Waals surface area contributed by atoms with Crippen molar-refractivity contribution in [2.45, 2.75) is 19.3 Å². The van der Waals surface area contributed by atoms with Gasteiger partial charge in [0.15, 0.2) is 5.65 Å². The lowest BCUT2D eigenvalue weighted by molar-refractivity contribution is 0.640. The summed E-state index contributed by atoms with van der Waals surface area (Å²) in [6.45, 7) is 2.71. The normalized spacial score (nSPS) is 13.3. The summed E-state index contributed by atoms with van der Waals surface area (Å²) >= 11 is 3.38. The van der Waals surface area contributed by atoms with Gasteiger partial charge in [0.1, 0.15) is 5.82 Å². The maximum atomic E-state index is 5.68. The van der Waals surface area contributed by atoms with Crippen LogP contribution in [0.15, 0.2) is 16.7 Å². The summed E-state index contributed by atoms with van der Waals surface area (Å²) < 4.78 is 0.950. The van der Waals surface area contributed by atoms with Crippen LogP contribution >= 0.6 is 15.9 Å². The van der Waals surface area contributed by atoms with Crippen molar-refractivity contribution in [1.29, 1.82) is 0 Å². The van der Waals surface area contributed by atoms with Crippen LogP contribution < -0.4 is 5.73 Å². The minimum absolute atomic E-state index is 0.290. The van der Waals surface area contributed by atoms with E-state index in [1.165, 1.54) is 0 Å². The molecule has 0 fully saturated rings. The highest BCUT2D eigenvalue weighted by Crippen LogP contribution is 2.20. The van der Waals surface area contributed by atoms with Crippen LogP contribution in [0.2, 0.25) is 0 Å². The van der Waals surface area contributed by atoms with Gasteiger partial charge in [0, 0.05) is 23.1 Å². The molecule has 0 saturated heterocycles. The molecule has 2 aromatic rings. The van der Waals surface area contributed by atoms with Crippen molar-refractivity contribution >= 4 is 27.1 Å². The number of pyridine rings is 1. The van der Waals surface area contributed by atoms with E-state index in [0.29, 0.717) is 6.54 Å². The number of nitrogens with one attached hydrogen (secondary N) is 1. The van der Waals surface area contributed by atoms with Gasteiger partial charge in [-0.3, -0.25) is 0 Å². The molecule has 0 aromatic carbocycles. The first-order chi connectivity index (χ1) is 7.24. The molecule has 0 aliphatic heterocycles. The van der Waals surface area contributed by atoms with Gasteiger partial charge in [0.2, 0.25) is 0 Å². The van der Waals surface area contributed by atoms with Crippen LogP contribution in [0.5, 0.6) is 0 Å². The van der Waals surface area contributed by atoms with Crippen LogP contribution in [0, 0.1) is 0 Å². The van der Waals surface area contributed by atoms with Gasteiger partial charge in [0.05, 0.1) is 5.52 Å². The zero-order chi connectivity index (χ0) is 10.8. The molecule has 0 aliphatic carbocycles. The standard InChI is InChI=1S/C10H13BrN4/c1-2-6(4-12)9-14-8-3-7(11)5-13-10(8)15-9/h3,5-6H,2,4,12H2,1H3,(H,13,14,15). The second-order valence-corrected chi connectivity index (χ2v) is 4.40. The smallest absolute Gasteiger partial charge is 0.177 e. The summed E-state index contributed by atoms with van der Waals surface area (Å²) in [6.07, 6.45) is 2.73. The lowest BCUT2D eigenvalue weighted by atomic mass is 10.1. The van der Waals surface area contributed by atoms with Crippen molar-refractivity contribution in [1.82, 2.24) is 15.0 Å². The first-order valence-electron chi connectivity index (χ1n) is 4.95. The molecule has 15 heavy (non-hydrogen) atoms. The Kier molecular flexibility index (Phi) is 3.02. The van der Waals surface area contributed by atoms with Gasteiger partial charge in [-0.2, -0.15) is 0 Å². The minimum Gasteiger partial charge on any atom is -0.340 e. The average Bonchev–Trinajstić information content (AvgIpc) is 2.62. The molecule has 4 nitrogen and oxygen atoms in total. The SMILES string of the molecule is CCC(CN)c1nc2ncc(Br)cc2[nH]1. The van der Waals surface area contributed by atoms with Gasteiger partial charge < -0.3 is 10.7 Å². The molecule has 3 N–H and O–H groups in total. The van der Waals surface area contributed by atoms with Crippen LogP contribution in [0.3, 0.4) is 0 Å². The fourth-order valence-electron chi connectivity index (χ4n) is 1.56. The molecule has 80 valence electrons. The number of fused-ring (bicyclic) bond motifs is 1. The van der Waals surface area contributed by atoms with E-state index in [1.54, 1.807) is 6.20 Å². The van der Waals surface area contributed by atoms with Crippen molar-refractivity contribution < 1.29 is 0 Å². The summed E-state index contributed by atoms with van der Waals surface area (Å²) in [7, 11) is 0. The highest BCUT2D eigenvalue weighted by Gasteiger charge is 2.12. The zero-order valence-corrected chi connectivity index (χ0v) is 10.1. The van der Waals surface area contributed by atoms with Crippen LogP contribution in [0.4, 0.5) is 0 Å². The molecule has 0 aliphatic rings. The summed E-state index contributed by atoms with van der Waals surface area (Å²) in [5, 5.41) is 0. The molecule has 1 unspecified atom stereocenters. The number of nitrogens with zero attached hydrogens (tertiary/aromatic N) is 2. The number of rotatable bonds is 3. The van der Waals surface area contributed by atoms with Gasteiger partial charge in [-0.15, -0.1) is 0 Å². The molecule has 0 saturated carbocycles. The van der Waals surface area contributed by atoms with E-state index in [4.69, 9.17) is 5.73 Å². The highest BCUT2D eigenvalue weighted by molar-refractivity contribution is 9.10. The Morgan fingerprint density at radius 3 is 3.07 bits per heavy atom. The summed E-state index contributed by atoms with van der Waals surface area (Å²) in [5.74, 6) is 1.22. The Hall–Kier alpha value is -0.940. The monoisotopic (exact) mass is 268 g/mol. The van der Waals surface area contributed by atoms with E-state index in [-0.39, 0.29) is 5.92 Å². The zero-order valence-electron chi connectivity index (χ0n) is 8.50. The molecule has 2 heterocycles. The van der Waals surface area contributed by atoms with Crippen molar-refractivity contribution in [3.05, 3.63) is 22.6 Å². The molecule has 2 rings (SSSR count). The molecule has 1 atom stereocenters. The number of hydrogen-bond donors (Lipinski definition) is 2. The number of hydrogen-bond acceptors (Lipinski definition) is 3. The maximum absolute atomic E-state index is 5.68. The molecule has 2 aromatic heterocycles. The lowest BCUT2D eigenvalue weighted by Crippen LogP contribution is -2.12. The van der Waals surface area contributed by atoms with Crippen LogP contribution in [-0.2, 0) is 0 Å². The van der Waals surface area contributed by atoms with Gasteiger partial charge in [-0.1, -0.05) is 6.92 Å². The average molecular weight is 269 g/mol. The van der Waals surface area contributed by atoms with Gasteiger partial charge >= 0.3 is 0 Å². The molecule has 5 heteroatoms. The van der Waals surface area contributed by atoms with Gasteiger partial charge in [0.25, 0.3) is 0 Å². The second kappa shape index (κ2) is 4.28. The van der Waals surface area contributed by atoms with Crippen LogP contribution in [-0.4, -0.2) is 21.5 Å². The Morgan fingerprint density at radius 2 is 2.40 bits per heavy atom. The predicted octanol–water partition coefficient (Wildman–Crippen LogP) is 2.17. The Labute approximate surface area is 96.4 Å². The molecule has 0 spiro atoms. The highest BCUT2D eigenvalue weighted by atomic mass is 79.9. The topological polar surface area (TPSA) is 67.6 Å². The number of aromatic amines is 1. The van der Waals surface area contributed by atoms with Crippen LogP contribution in [0.25, 0.3) is 11.2 Å². The minimum atomic E-state index is 0.290. The van der Waals surface area contributed by atoms with Crippen molar-refractivity contribution in [2.24, 2.45) is 5.73 Å². The van der Waals surface area contributed by atoms with Gasteiger partial charge in [-0.05, 0) is 28.4 Å². The largest absolute Gasteiger partial charge is 0.340 e. The first kappa shape index (κ1) is 10.6. The van der Waals surface area contributed by atoms with Crippen molar-refractivity contribution in [3.8, 4) is 0 Å². The van der Waals surface area contributed by atoms with Crippen molar-refractivity contribution in [2.75, 3.05) is 6.54 Å². The predicted molar refractivity (Wildman–Crippen MR) is 63.7 cm³/mol.